The number of amides is 2. The number of carbonyl (C=O) groups is 2. The zero-order valence-corrected chi connectivity index (χ0v) is 23.0. The minimum Gasteiger partial charge on any atom is -0.467 e. The standard InChI is InChI=1S/C26H33Cl2NO5Si/c1-35(2,3)14-13-33-18-34-22-10-9-21(27)26(28)25(22)20-15-24(31)29(16-20)23(30)11-12-32-17-19-7-5-4-6-8-19/h4-10,20H,11-18H2,1-3H3/t20-/m1/s1. The van der Waals surface area contributed by atoms with Gasteiger partial charge in [-0.1, -0.05) is 73.2 Å². The van der Waals surface area contributed by atoms with E-state index in [1.54, 1.807) is 12.1 Å². The molecule has 35 heavy (non-hydrogen) atoms. The number of halogens is 2. The molecule has 9 heteroatoms. The Morgan fingerprint density at radius 1 is 1.06 bits per heavy atom. The van der Waals surface area contributed by atoms with Crippen molar-refractivity contribution in [2.24, 2.45) is 0 Å². The first-order valence-electron chi connectivity index (χ1n) is 11.8. The molecule has 1 aliphatic rings. The number of carbonyl (C=O) groups excluding carboxylic acids is 2. The van der Waals surface area contributed by atoms with E-state index < -0.39 is 8.07 Å². The van der Waals surface area contributed by atoms with E-state index >= 15 is 0 Å². The summed E-state index contributed by atoms with van der Waals surface area (Å²) in [4.78, 5) is 26.7. The van der Waals surface area contributed by atoms with E-state index in [-0.39, 0.29) is 50.5 Å². The van der Waals surface area contributed by atoms with E-state index in [0.29, 0.717) is 34.6 Å². The van der Waals surface area contributed by atoms with Gasteiger partial charge in [-0.05, 0) is 23.7 Å². The van der Waals surface area contributed by atoms with Crippen molar-refractivity contribution in [1.82, 2.24) is 4.90 Å². The minimum absolute atomic E-state index is 0.0809. The van der Waals surface area contributed by atoms with Crippen molar-refractivity contribution >= 4 is 43.1 Å². The SMILES string of the molecule is C[Si](C)(C)CCOCOc1ccc(Cl)c(Cl)c1[C@@H]1CC(=O)N(C(=O)CCOCc2ccccc2)C1. The van der Waals surface area contributed by atoms with E-state index in [1.807, 2.05) is 30.3 Å². The molecule has 1 atom stereocenters. The molecule has 0 N–H and O–H groups in total. The Labute approximate surface area is 218 Å². The monoisotopic (exact) mass is 537 g/mol. The summed E-state index contributed by atoms with van der Waals surface area (Å²) in [6.07, 6.45) is 0.284. The Bertz CT molecular complexity index is 1010. The average molecular weight is 539 g/mol. The van der Waals surface area contributed by atoms with E-state index in [0.717, 1.165) is 11.6 Å². The van der Waals surface area contributed by atoms with Crippen LogP contribution in [0.25, 0.3) is 0 Å². The Morgan fingerprint density at radius 2 is 1.80 bits per heavy atom. The fraction of sp³-hybridized carbons (Fsp3) is 0.462. The summed E-state index contributed by atoms with van der Waals surface area (Å²) in [7, 11) is -1.19. The van der Waals surface area contributed by atoms with E-state index in [9.17, 15) is 9.59 Å². The number of ether oxygens (including phenoxy) is 3. The van der Waals surface area contributed by atoms with Gasteiger partial charge in [0.05, 0.1) is 29.7 Å². The normalized spacial score (nSPS) is 16.1. The first kappa shape index (κ1) is 27.7. The van der Waals surface area contributed by atoms with Gasteiger partial charge in [0.25, 0.3) is 0 Å². The van der Waals surface area contributed by atoms with E-state index in [1.165, 1.54) is 4.90 Å². The number of likely N-dealkylation sites (tertiary alicyclic amines) is 1. The van der Waals surface area contributed by atoms with Crippen LogP contribution in [0.5, 0.6) is 5.75 Å². The van der Waals surface area contributed by atoms with Gasteiger partial charge in [0.1, 0.15) is 5.75 Å². The topological polar surface area (TPSA) is 65.1 Å². The molecule has 1 saturated heterocycles. The van der Waals surface area contributed by atoms with Crippen molar-refractivity contribution in [3.63, 3.8) is 0 Å². The van der Waals surface area contributed by atoms with Gasteiger partial charge in [0, 0.05) is 39.1 Å². The van der Waals surface area contributed by atoms with Crippen molar-refractivity contribution in [1.29, 1.82) is 0 Å². The van der Waals surface area contributed by atoms with Crippen molar-refractivity contribution < 1.29 is 23.8 Å². The molecule has 6 nitrogen and oxygen atoms in total. The Kier molecular flexibility index (Phi) is 10.2. The molecule has 2 amide bonds. The maximum atomic E-state index is 12.7. The van der Waals surface area contributed by atoms with Crippen LogP contribution in [0.4, 0.5) is 0 Å². The van der Waals surface area contributed by atoms with Gasteiger partial charge in [0.2, 0.25) is 11.8 Å². The molecule has 0 aromatic heterocycles. The molecule has 0 bridgehead atoms. The number of hydrogen-bond donors (Lipinski definition) is 0. The zero-order valence-electron chi connectivity index (χ0n) is 20.5. The Balaban J connectivity index is 1.56. The molecule has 1 heterocycles. The summed E-state index contributed by atoms with van der Waals surface area (Å²) in [5.74, 6) is -0.289. The van der Waals surface area contributed by atoms with Crippen LogP contribution in [0, 0.1) is 0 Å². The third kappa shape index (κ3) is 8.32. The maximum absolute atomic E-state index is 12.7. The summed E-state index contributed by atoms with van der Waals surface area (Å²) in [5.41, 5.74) is 1.67. The molecule has 0 unspecified atom stereocenters. The Morgan fingerprint density at radius 3 is 2.51 bits per heavy atom. The van der Waals surface area contributed by atoms with Crippen molar-refractivity contribution in [2.45, 2.75) is 51.1 Å². The third-order valence-electron chi connectivity index (χ3n) is 5.79. The zero-order chi connectivity index (χ0) is 25.4. The van der Waals surface area contributed by atoms with Crippen molar-refractivity contribution in [3.8, 4) is 5.75 Å². The number of nitrogens with zero attached hydrogens (tertiary/aromatic N) is 1. The number of imide groups is 1. The Hall–Kier alpha value is -1.90. The molecule has 0 aliphatic carbocycles. The number of rotatable bonds is 12. The maximum Gasteiger partial charge on any atom is 0.231 e. The first-order valence-corrected chi connectivity index (χ1v) is 16.3. The smallest absolute Gasteiger partial charge is 0.231 e. The minimum atomic E-state index is -1.19. The lowest BCUT2D eigenvalue weighted by molar-refractivity contribution is -0.142. The van der Waals surface area contributed by atoms with Crippen LogP contribution in [-0.4, -0.2) is 51.3 Å². The third-order valence-corrected chi connectivity index (χ3v) is 8.32. The van der Waals surface area contributed by atoms with Crippen LogP contribution in [-0.2, 0) is 25.7 Å². The summed E-state index contributed by atoms with van der Waals surface area (Å²) in [6.45, 7) is 8.45. The summed E-state index contributed by atoms with van der Waals surface area (Å²) >= 11 is 12.8. The predicted molar refractivity (Wildman–Crippen MR) is 141 cm³/mol. The number of hydrogen-bond acceptors (Lipinski definition) is 5. The lowest BCUT2D eigenvalue weighted by Crippen LogP contribution is -2.32. The van der Waals surface area contributed by atoms with Gasteiger partial charge < -0.3 is 14.2 Å². The van der Waals surface area contributed by atoms with E-state index in [4.69, 9.17) is 37.4 Å². The highest BCUT2D eigenvalue weighted by Gasteiger charge is 2.37. The first-order chi connectivity index (χ1) is 16.7. The van der Waals surface area contributed by atoms with Crippen LogP contribution in [0.15, 0.2) is 42.5 Å². The average Bonchev–Trinajstić information content (AvgIpc) is 3.19. The van der Waals surface area contributed by atoms with Crippen LogP contribution < -0.4 is 4.74 Å². The lowest BCUT2D eigenvalue weighted by Gasteiger charge is -2.20. The predicted octanol–water partition coefficient (Wildman–Crippen LogP) is 6.13. The highest BCUT2D eigenvalue weighted by molar-refractivity contribution is 6.76. The molecule has 1 aliphatic heterocycles. The molecular weight excluding hydrogens is 505 g/mol. The second-order valence-corrected chi connectivity index (χ2v) is 16.2. The summed E-state index contributed by atoms with van der Waals surface area (Å²) in [5, 5.41) is 0.713. The highest BCUT2D eigenvalue weighted by atomic mass is 35.5. The molecule has 2 aromatic carbocycles. The second-order valence-electron chi connectivity index (χ2n) is 9.84. The molecule has 1 fully saturated rings. The summed E-state index contributed by atoms with van der Waals surface area (Å²) in [6, 6.07) is 14.2. The summed E-state index contributed by atoms with van der Waals surface area (Å²) < 4.78 is 17.1. The lowest BCUT2D eigenvalue weighted by atomic mass is 9.97. The van der Waals surface area contributed by atoms with Crippen molar-refractivity contribution in [3.05, 3.63) is 63.6 Å². The largest absolute Gasteiger partial charge is 0.467 e. The van der Waals surface area contributed by atoms with Crippen LogP contribution in [0.2, 0.25) is 35.7 Å². The van der Waals surface area contributed by atoms with E-state index in [2.05, 4.69) is 19.6 Å². The second kappa shape index (κ2) is 12.9. The van der Waals surface area contributed by atoms with Gasteiger partial charge in [-0.25, -0.2) is 0 Å². The number of benzene rings is 2. The fourth-order valence-corrected chi connectivity index (χ4v) is 5.03. The molecule has 190 valence electrons. The van der Waals surface area contributed by atoms with Gasteiger partial charge >= 0.3 is 0 Å². The molecule has 0 radical (unpaired) electrons. The molecule has 0 spiro atoms. The van der Waals surface area contributed by atoms with Gasteiger partial charge in [0.15, 0.2) is 6.79 Å². The molecular formula is C26H33Cl2NO5Si. The van der Waals surface area contributed by atoms with Crippen LogP contribution in [0.3, 0.4) is 0 Å². The van der Waals surface area contributed by atoms with Gasteiger partial charge in [-0.3, -0.25) is 14.5 Å². The fourth-order valence-electron chi connectivity index (χ4n) is 3.80. The van der Waals surface area contributed by atoms with Gasteiger partial charge in [-0.2, -0.15) is 0 Å². The molecule has 0 saturated carbocycles. The van der Waals surface area contributed by atoms with Gasteiger partial charge in [-0.15, -0.1) is 0 Å². The quantitative estimate of drug-likeness (QED) is 0.185. The highest BCUT2D eigenvalue weighted by Crippen LogP contribution is 2.42. The van der Waals surface area contributed by atoms with Crippen molar-refractivity contribution in [2.75, 3.05) is 26.6 Å². The molecule has 2 aromatic rings. The van der Waals surface area contributed by atoms with Crippen LogP contribution >= 0.6 is 23.2 Å². The van der Waals surface area contributed by atoms with Crippen LogP contribution in [0.1, 0.15) is 29.9 Å². The molecule has 3 rings (SSSR count).